The summed E-state index contributed by atoms with van der Waals surface area (Å²) in [7, 11) is 0. The second-order valence-corrected chi connectivity index (χ2v) is 2.48. The van der Waals surface area contributed by atoms with E-state index in [9.17, 15) is 5.11 Å². The summed E-state index contributed by atoms with van der Waals surface area (Å²) in [6.07, 6.45) is 1.61. The molecular formula is C6H9LiO. The van der Waals surface area contributed by atoms with Crippen LogP contribution in [0.4, 0.5) is 0 Å². The molecule has 0 aromatic rings. The van der Waals surface area contributed by atoms with Crippen LogP contribution in [0.25, 0.3) is 0 Å². The van der Waals surface area contributed by atoms with Gasteiger partial charge in [-0.3, -0.25) is 0 Å². The molecule has 0 radical (unpaired) electrons. The van der Waals surface area contributed by atoms with Crippen molar-refractivity contribution in [2.75, 3.05) is 0 Å². The first-order valence-electron chi connectivity index (χ1n) is 2.20. The fourth-order valence-electron chi connectivity index (χ4n) is 0.153. The Bertz CT molecular complexity index is 102. The molecule has 0 heterocycles. The zero-order valence-electron chi connectivity index (χ0n) is 5.91. The van der Waals surface area contributed by atoms with Crippen molar-refractivity contribution in [3.05, 3.63) is 0 Å². The maximum absolute atomic E-state index is 9.58. The van der Waals surface area contributed by atoms with E-state index in [1.807, 2.05) is 20.8 Å². The molecule has 8 heavy (non-hydrogen) atoms. The summed E-state index contributed by atoms with van der Waals surface area (Å²) in [5.74, 6) is 2.48. The summed E-state index contributed by atoms with van der Waals surface area (Å²) in [5, 5.41) is 9.58. The van der Waals surface area contributed by atoms with Crippen molar-refractivity contribution >= 4 is 0 Å². The summed E-state index contributed by atoms with van der Waals surface area (Å²) in [6, 6.07) is 0. The quantitative estimate of drug-likeness (QED) is 0.243. The van der Waals surface area contributed by atoms with E-state index in [0.29, 0.717) is 0 Å². The van der Waals surface area contributed by atoms with Crippen LogP contribution in [0.5, 0.6) is 0 Å². The molecular weight excluding hydrogens is 95.0 g/mol. The molecule has 0 aliphatic rings. The van der Waals surface area contributed by atoms with Crippen molar-refractivity contribution in [2.24, 2.45) is 5.41 Å². The van der Waals surface area contributed by atoms with Gasteiger partial charge >= 0.3 is 18.9 Å². The topological polar surface area (TPSA) is 23.1 Å². The van der Waals surface area contributed by atoms with Gasteiger partial charge in [0.25, 0.3) is 0 Å². The molecule has 0 atom stereocenters. The van der Waals surface area contributed by atoms with E-state index in [2.05, 4.69) is 5.92 Å². The first-order chi connectivity index (χ1) is 3.06. The van der Waals surface area contributed by atoms with Crippen molar-refractivity contribution in [1.82, 2.24) is 0 Å². The van der Waals surface area contributed by atoms with Gasteiger partial charge in [0.15, 0.2) is 0 Å². The Morgan fingerprint density at radius 3 is 1.62 bits per heavy atom. The molecule has 0 N–H and O–H groups in total. The van der Waals surface area contributed by atoms with Gasteiger partial charge in [0.2, 0.25) is 0 Å². The van der Waals surface area contributed by atoms with Crippen molar-refractivity contribution in [2.45, 2.75) is 20.8 Å². The predicted molar refractivity (Wildman–Crippen MR) is 27.2 cm³/mol. The van der Waals surface area contributed by atoms with Crippen molar-refractivity contribution in [1.29, 1.82) is 0 Å². The van der Waals surface area contributed by atoms with E-state index < -0.39 is 0 Å². The summed E-state index contributed by atoms with van der Waals surface area (Å²) in [4.78, 5) is 0. The SMILES string of the molecule is CC(C)(C)C#C[O-].[Li+]. The number of rotatable bonds is 0. The fourth-order valence-corrected chi connectivity index (χ4v) is 0.153. The molecule has 0 fully saturated rings. The van der Waals surface area contributed by atoms with E-state index >= 15 is 0 Å². The average Bonchev–Trinajstić information content (AvgIpc) is 1.30. The second-order valence-electron chi connectivity index (χ2n) is 2.48. The maximum Gasteiger partial charge on any atom is 1.00 e. The molecule has 0 saturated carbocycles. The second kappa shape index (κ2) is 3.90. The average molecular weight is 104 g/mol. The van der Waals surface area contributed by atoms with Crippen LogP contribution in [-0.2, 0) is 0 Å². The van der Waals surface area contributed by atoms with E-state index in [0.717, 1.165) is 0 Å². The Labute approximate surface area is 62.7 Å². The maximum atomic E-state index is 9.58. The van der Waals surface area contributed by atoms with Crippen LogP contribution in [0.15, 0.2) is 0 Å². The minimum Gasteiger partial charge on any atom is -0.833 e. The smallest absolute Gasteiger partial charge is 0.833 e. The van der Waals surface area contributed by atoms with Gasteiger partial charge in [0, 0.05) is 5.41 Å². The van der Waals surface area contributed by atoms with Gasteiger partial charge in [0.1, 0.15) is 0 Å². The molecule has 0 aliphatic carbocycles. The van der Waals surface area contributed by atoms with Gasteiger partial charge in [-0.1, -0.05) is 0 Å². The molecule has 0 unspecified atom stereocenters. The Morgan fingerprint density at radius 1 is 1.25 bits per heavy atom. The Morgan fingerprint density at radius 2 is 1.62 bits per heavy atom. The van der Waals surface area contributed by atoms with Crippen LogP contribution >= 0.6 is 0 Å². The normalized spacial score (nSPS) is 8.38. The first-order valence-corrected chi connectivity index (χ1v) is 2.20. The summed E-state index contributed by atoms with van der Waals surface area (Å²) in [6.45, 7) is 5.70. The van der Waals surface area contributed by atoms with E-state index in [-0.39, 0.29) is 24.3 Å². The van der Waals surface area contributed by atoms with Crippen LogP contribution in [0, 0.1) is 17.4 Å². The molecule has 0 spiro atoms. The van der Waals surface area contributed by atoms with Crippen LogP contribution in [0.2, 0.25) is 0 Å². The third kappa shape index (κ3) is 9.35. The van der Waals surface area contributed by atoms with E-state index in [4.69, 9.17) is 0 Å². The molecule has 1 nitrogen and oxygen atoms in total. The Kier molecular flexibility index (Phi) is 5.29. The van der Waals surface area contributed by atoms with Gasteiger partial charge in [0.05, 0.1) is 0 Å². The van der Waals surface area contributed by atoms with Gasteiger partial charge in [-0.15, -0.1) is 5.92 Å². The molecule has 0 rings (SSSR count). The number of hydrogen-bond donors (Lipinski definition) is 0. The predicted octanol–water partition coefficient (Wildman–Crippen LogP) is -2.64. The molecule has 0 aliphatic heterocycles. The van der Waals surface area contributed by atoms with Gasteiger partial charge in [-0.05, 0) is 20.8 Å². The van der Waals surface area contributed by atoms with Crippen LogP contribution in [-0.4, -0.2) is 0 Å². The summed E-state index contributed by atoms with van der Waals surface area (Å²) in [5.41, 5.74) is -0.123. The van der Waals surface area contributed by atoms with E-state index in [1.165, 1.54) is 0 Å². The zero-order valence-corrected chi connectivity index (χ0v) is 5.91. The van der Waals surface area contributed by atoms with Gasteiger partial charge in [-0.25, -0.2) is 0 Å². The molecule has 2 heteroatoms. The molecule has 0 bridgehead atoms. The van der Waals surface area contributed by atoms with Crippen LogP contribution < -0.4 is 24.0 Å². The van der Waals surface area contributed by atoms with Gasteiger partial charge in [-0.2, -0.15) is 6.11 Å². The Hall–Kier alpha value is -0.0426. The van der Waals surface area contributed by atoms with Crippen LogP contribution in [0.1, 0.15) is 20.8 Å². The van der Waals surface area contributed by atoms with E-state index in [1.54, 1.807) is 6.11 Å². The third-order valence-electron chi connectivity index (χ3n) is 0.426. The van der Waals surface area contributed by atoms with Crippen molar-refractivity contribution in [3.63, 3.8) is 0 Å². The van der Waals surface area contributed by atoms with Crippen molar-refractivity contribution in [3.8, 4) is 12.0 Å². The van der Waals surface area contributed by atoms with Crippen molar-refractivity contribution < 1.29 is 24.0 Å². The van der Waals surface area contributed by atoms with Gasteiger partial charge < -0.3 is 5.11 Å². The number of hydrogen-bond acceptors (Lipinski definition) is 1. The zero-order chi connectivity index (χ0) is 5.91. The third-order valence-corrected chi connectivity index (χ3v) is 0.426. The standard InChI is InChI=1S/C6H10O.Li/c1-6(2,3)4-5-7;/h7H,1-3H3;/q;+1/p-1. The molecule has 0 saturated heterocycles. The minimum atomic E-state index is -0.123. The van der Waals surface area contributed by atoms with Crippen LogP contribution in [0.3, 0.4) is 0 Å². The molecule has 0 amide bonds. The largest absolute Gasteiger partial charge is 1.00 e. The molecule has 0 aromatic carbocycles. The minimum absolute atomic E-state index is 0. The fraction of sp³-hybridized carbons (Fsp3) is 0.667. The summed E-state index contributed by atoms with van der Waals surface area (Å²) >= 11 is 0. The summed E-state index contributed by atoms with van der Waals surface area (Å²) < 4.78 is 0. The first kappa shape index (κ1) is 10.9. The Balaban J connectivity index is 0. The molecule has 40 valence electrons. The monoisotopic (exact) mass is 104 g/mol. The molecule has 0 aromatic heterocycles.